The average molecular weight is 551 g/mol. The Bertz CT molecular complexity index is 1300. The molecule has 0 unspecified atom stereocenters. The summed E-state index contributed by atoms with van der Waals surface area (Å²) in [6.07, 6.45) is 1.78. The minimum Gasteiger partial charge on any atom is -0.490 e. The zero-order valence-electron chi connectivity index (χ0n) is 17.9. The van der Waals surface area contributed by atoms with Gasteiger partial charge in [-0.2, -0.15) is 0 Å². The number of carbonyl (C=O) groups excluding carboxylic acids is 1. The number of hydrogen-bond donors (Lipinski definition) is 0. The molecule has 4 rings (SSSR count). The molecular weight excluding hydrogens is 533 g/mol. The molecule has 0 aromatic heterocycles. The lowest BCUT2D eigenvalue weighted by molar-refractivity contribution is -0.113. The van der Waals surface area contributed by atoms with Gasteiger partial charge >= 0.3 is 0 Å². The lowest BCUT2D eigenvalue weighted by Crippen LogP contribution is -2.27. The predicted molar refractivity (Wildman–Crippen MR) is 146 cm³/mol. The highest BCUT2D eigenvalue weighted by molar-refractivity contribution is 8.27. The summed E-state index contributed by atoms with van der Waals surface area (Å²) in [5.41, 5.74) is 2.23. The molecule has 3 aromatic rings. The van der Waals surface area contributed by atoms with Crippen molar-refractivity contribution in [3.63, 3.8) is 0 Å². The normalized spacial score (nSPS) is 14.7. The minimum atomic E-state index is -0.201. The molecular formula is C25H18Cl3NO3S2. The minimum absolute atomic E-state index is 0.201. The molecule has 1 fully saturated rings. The molecule has 0 radical (unpaired) electrons. The van der Waals surface area contributed by atoms with E-state index >= 15 is 0 Å². The van der Waals surface area contributed by atoms with E-state index < -0.39 is 0 Å². The Hall–Kier alpha value is -2.22. The summed E-state index contributed by atoms with van der Waals surface area (Å²) in [6, 6.07) is 17.8. The van der Waals surface area contributed by atoms with Crippen molar-refractivity contribution >= 4 is 80.8 Å². The summed E-state index contributed by atoms with van der Waals surface area (Å²) < 4.78 is 12.2. The zero-order valence-corrected chi connectivity index (χ0v) is 21.8. The average Bonchev–Trinajstić information content (AvgIpc) is 3.07. The topological polar surface area (TPSA) is 38.8 Å². The number of carbonyl (C=O) groups is 1. The van der Waals surface area contributed by atoms with Gasteiger partial charge in [-0.25, -0.2) is 0 Å². The van der Waals surface area contributed by atoms with Crippen molar-refractivity contribution in [2.75, 3.05) is 11.5 Å². The van der Waals surface area contributed by atoms with E-state index in [2.05, 4.69) is 0 Å². The Kier molecular flexibility index (Phi) is 8.06. The number of benzene rings is 3. The van der Waals surface area contributed by atoms with Crippen molar-refractivity contribution in [3.8, 4) is 11.5 Å². The summed E-state index contributed by atoms with van der Waals surface area (Å²) >= 11 is 25.0. The third-order valence-corrected chi connectivity index (χ3v) is 6.95. The van der Waals surface area contributed by atoms with Crippen LogP contribution >= 0.6 is 58.8 Å². The van der Waals surface area contributed by atoms with Gasteiger partial charge in [-0.15, -0.1) is 0 Å². The van der Waals surface area contributed by atoms with Crippen LogP contribution in [0.2, 0.25) is 15.1 Å². The maximum absolute atomic E-state index is 13.1. The number of anilines is 1. The van der Waals surface area contributed by atoms with Crippen LogP contribution in [0.1, 0.15) is 18.1 Å². The standard InChI is InChI=1S/C25H18Cl3NO3S2/c1-2-31-22-10-15(6-9-21(22)32-14-16-7-8-18(27)13-20(16)28)11-23-24(30)29(25(33)34-23)19-5-3-4-17(26)12-19/h3-13H,2,14H2,1H3/b23-11+. The van der Waals surface area contributed by atoms with Gasteiger partial charge in [0, 0.05) is 20.6 Å². The van der Waals surface area contributed by atoms with E-state index in [4.69, 9.17) is 56.5 Å². The molecule has 1 amide bonds. The molecule has 1 heterocycles. The van der Waals surface area contributed by atoms with E-state index in [0.717, 1.165) is 11.1 Å². The summed E-state index contributed by atoms with van der Waals surface area (Å²) in [7, 11) is 0. The Balaban J connectivity index is 1.56. The molecule has 0 bridgehead atoms. The van der Waals surface area contributed by atoms with Gasteiger partial charge in [0.25, 0.3) is 5.91 Å². The van der Waals surface area contributed by atoms with Crippen molar-refractivity contribution in [2.24, 2.45) is 0 Å². The fourth-order valence-electron chi connectivity index (χ4n) is 3.25. The van der Waals surface area contributed by atoms with E-state index in [-0.39, 0.29) is 12.5 Å². The van der Waals surface area contributed by atoms with Crippen LogP contribution in [0.15, 0.2) is 65.6 Å². The number of rotatable bonds is 7. The summed E-state index contributed by atoms with van der Waals surface area (Å²) in [5, 5.41) is 1.63. The number of nitrogens with zero attached hydrogens (tertiary/aromatic N) is 1. The second kappa shape index (κ2) is 11.0. The van der Waals surface area contributed by atoms with Gasteiger partial charge in [0.2, 0.25) is 0 Å². The van der Waals surface area contributed by atoms with E-state index in [1.165, 1.54) is 16.7 Å². The van der Waals surface area contributed by atoms with Gasteiger partial charge in [-0.1, -0.05) is 77.0 Å². The lowest BCUT2D eigenvalue weighted by Gasteiger charge is -2.14. The van der Waals surface area contributed by atoms with Gasteiger partial charge < -0.3 is 9.47 Å². The second-order valence-corrected chi connectivity index (χ2v) is 10.1. The van der Waals surface area contributed by atoms with E-state index in [9.17, 15) is 4.79 Å². The molecule has 3 aromatic carbocycles. The summed E-state index contributed by atoms with van der Waals surface area (Å²) in [6.45, 7) is 2.61. The van der Waals surface area contributed by atoms with Gasteiger partial charge in [-0.3, -0.25) is 9.69 Å². The predicted octanol–water partition coefficient (Wildman–Crippen LogP) is 8.03. The molecule has 1 aliphatic heterocycles. The first-order valence-electron chi connectivity index (χ1n) is 10.2. The highest BCUT2D eigenvalue weighted by Gasteiger charge is 2.33. The number of hydrogen-bond acceptors (Lipinski definition) is 5. The van der Waals surface area contributed by atoms with Gasteiger partial charge in [0.1, 0.15) is 6.61 Å². The Labute approximate surface area is 222 Å². The summed E-state index contributed by atoms with van der Waals surface area (Å²) in [5.74, 6) is 0.927. The van der Waals surface area contributed by atoms with Crippen LogP contribution < -0.4 is 14.4 Å². The van der Waals surface area contributed by atoms with E-state index in [0.29, 0.717) is 48.1 Å². The second-order valence-electron chi connectivity index (χ2n) is 7.16. The smallest absolute Gasteiger partial charge is 0.270 e. The quantitative estimate of drug-likeness (QED) is 0.220. The van der Waals surface area contributed by atoms with Crippen LogP contribution in [-0.2, 0) is 11.4 Å². The van der Waals surface area contributed by atoms with Crippen LogP contribution in [-0.4, -0.2) is 16.8 Å². The Morgan fingerprint density at radius 2 is 1.76 bits per heavy atom. The largest absolute Gasteiger partial charge is 0.490 e. The van der Waals surface area contributed by atoms with Crippen molar-refractivity contribution in [3.05, 3.63) is 91.8 Å². The highest BCUT2D eigenvalue weighted by Crippen LogP contribution is 2.38. The number of thioether (sulfide) groups is 1. The molecule has 1 saturated heterocycles. The fraction of sp³-hybridized carbons (Fsp3) is 0.120. The molecule has 0 aliphatic carbocycles. The number of halogens is 3. The van der Waals surface area contributed by atoms with Crippen LogP contribution in [0.25, 0.3) is 6.08 Å². The van der Waals surface area contributed by atoms with Gasteiger partial charge in [-0.05, 0) is 61.0 Å². The van der Waals surface area contributed by atoms with Crippen molar-refractivity contribution in [1.82, 2.24) is 0 Å². The number of ether oxygens (including phenoxy) is 2. The third-order valence-electron chi connectivity index (χ3n) is 4.82. The first-order valence-corrected chi connectivity index (χ1v) is 12.6. The zero-order chi connectivity index (χ0) is 24.2. The summed E-state index contributed by atoms with van der Waals surface area (Å²) in [4.78, 5) is 15.0. The Morgan fingerprint density at radius 1 is 0.971 bits per heavy atom. The monoisotopic (exact) mass is 549 g/mol. The molecule has 174 valence electrons. The fourth-order valence-corrected chi connectivity index (χ4v) is 5.20. The van der Waals surface area contributed by atoms with Gasteiger partial charge in [0.15, 0.2) is 15.8 Å². The molecule has 0 atom stereocenters. The number of amides is 1. The maximum atomic E-state index is 13.1. The van der Waals surface area contributed by atoms with Crippen LogP contribution in [0, 0.1) is 0 Å². The van der Waals surface area contributed by atoms with Crippen LogP contribution in [0.4, 0.5) is 5.69 Å². The van der Waals surface area contributed by atoms with Crippen LogP contribution in [0.3, 0.4) is 0 Å². The van der Waals surface area contributed by atoms with Crippen LogP contribution in [0.5, 0.6) is 11.5 Å². The highest BCUT2D eigenvalue weighted by atomic mass is 35.5. The molecule has 1 aliphatic rings. The first-order chi connectivity index (χ1) is 16.4. The molecule has 34 heavy (non-hydrogen) atoms. The Morgan fingerprint density at radius 3 is 2.50 bits per heavy atom. The van der Waals surface area contributed by atoms with Crippen molar-refractivity contribution < 1.29 is 14.3 Å². The van der Waals surface area contributed by atoms with Crippen molar-refractivity contribution in [2.45, 2.75) is 13.5 Å². The molecule has 0 N–H and O–H groups in total. The third kappa shape index (κ3) is 5.70. The van der Waals surface area contributed by atoms with E-state index in [1.807, 2.05) is 25.1 Å². The number of thiocarbonyl (C=S) groups is 1. The molecule has 0 spiro atoms. The molecule has 4 nitrogen and oxygen atoms in total. The first kappa shape index (κ1) is 24.9. The van der Waals surface area contributed by atoms with Gasteiger partial charge in [0.05, 0.1) is 17.2 Å². The van der Waals surface area contributed by atoms with E-state index in [1.54, 1.807) is 48.5 Å². The molecule has 0 saturated carbocycles. The van der Waals surface area contributed by atoms with Crippen molar-refractivity contribution in [1.29, 1.82) is 0 Å². The maximum Gasteiger partial charge on any atom is 0.270 e. The molecule has 9 heteroatoms. The lowest BCUT2D eigenvalue weighted by atomic mass is 10.1. The SMILES string of the molecule is CCOc1cc(/C=C2/SC(=S)N(c3cccc(Cl)c3)C2=O)ccc1OCc1ccc(Cl)cc1Cl.